The Bertz CT molecular complexity index is 2920. The molecule has 2 aromatic heterocycles. The summed E-state index contributed by atoms with van der Waals surface area (Å²) >= 11 is 0. The average molecular weight is 1190 g/mol. The molecule has 1 saturated heterocycles. The highest BCUT2D eigenvalue weighted by atomic mass is 33.1. The first-order valence-corrected chi connectivity index (χ1v) is 35.3. The van der Waals surface area contributed by atoms with Crippen molar-refractivity contribution in [2.24, 2.45) is 68.7 Å². The monoisotopic (exact) mass is 1190 g/mol. The third kappa shape index (κ3) is 12.6. The number of aromatic hydroxyl groups is 2. The lowest BCUT2D eigenvalue weighted by Crippen LogP contribution is -2.47. The molecule has 0 radical (unpaired) electrons. The Hall–Kier alpha value is -4.09. The van der Waals surface area contributed by atoms with Gasteiger partial charge in [0.15, 0.2) is 17.5 Å². The predicted molar refractivity (Wildman–Crippen MR) is 338 cm³/mol. The van der Waals surface area contributed by atoms with Gasteiger partial charge in [0.05, 0.1) is 18.8 Å². The lowest BCUT2D eigenvalue weighted by Gasteiger charge is -2.52. The van der Waals surface area contributed by atoms with Crippen LogP contribution in [0.25, 0.3) is 0 Å². The number of allylic oxidation sites excluding steroid dienone is 2. The fourth-order valence-electron chi connectivity index (χ4n) is 18.7. The van der Waals surface area contributed by atoms with Gasteiger partial charge in [-0.1, -0.05) is 91.0 Å². The van der Waals surface area contributed by atoms with E-state index in [1.807, 2.05) is 58.8 Å². The maximum Gasteiger partial charge on any atom is 0.189 e. The third-order valence-electron chi connectivity index (χ3n) is 22.8. The van der Waals surface area contributed by atoms with Gasteiger partial charge in [-0.15, -0.1) is 0 Å². The number of nitrogens with two attached hydrogens (primary N) is 2. The quantitative estimate of drug-likeness (QED) is 0.0194. The van der Waals surface area contributed by atoms with Crippen LogP contribution in [0.15, 0.2) is 76.2 Å². The standard InChI is InChI=1S/C69H98N6O7S2/c1-41-13-19-52-47-28-43(15-20-53(52)55(58(70)33-47)39-83-84-40-60(41)75-67(71)73-49-10-5-8-45(30-49)46-9-6-11-50(78)31-46)17-22-63-48(37-76)32-51(82-63)18-14-44-16-21-61(79)64(29-44)81-38-62(80)59-34-54-57(36-72-35-42(2)77)69-26-7-12-65(69)68(24-3-4-25-68)56(23-27-69)66(54)74-59/h6,9,11,16,21,23,27,29,31-32,34,41-43,45,47,49,52-53,55-58,60,62,65,72,74,76-80H,3-5,7-8,10,12-15,17-20,22,24-26,28,30,33,35-40,70H2,1-2H3,(H3,71,73,75)/t41-,42-,43-,45-,47+,49-,52-,53+,55+,56+,57-,58+,60+,62-,65+,69-/m0/s1. The molecule has 16 atom stereocenters. The van der Waals surface area contributed by atoms with E-state index in [2.05, 4.69) is 46.8 Å². The van der Waals surface area contributed by atoms with Crippen molar-refractivity contribution in [1.82, 2.24) is 15.6 Å². The van der Waals surface area contributed by atoms with Gasteiger partial charge in [-0.05, 0) is 208 Å². The minimum atomic E-state index is -0.920. The fraction of sp³-hybridized carbons (Fsp3) is 0.667. The van der Waals surface area contributed by atoms with Crippen molar-refractivity contribution in [3.8, 4) is 17.2 Å². The van der Waals surface area contributed by atoms with Crippen LogP contribution < -0.4 is 26.8 Å². The number of aromatic amines is 1. The number of nitrogens with zero attached hydrogens (tertiary/aromatic N) is 1. The van der Waals surface area contributed by atoms with Gasteiger partial charge in [0.25, 0.3) is 0 Å². The second kappa shape index (κ2) is 26.3. The van der Waals surface area contributed by atoms with E-state index in [-0.39, 0.29) is 53.8 Å². The number of guanidine groups is 1. The molecule has 0 amide bonds. The molecule has 13 rings (SSSR count). The summed E-state index contributed by atoms with van der Waals surface area (Å²) in [5.74, 6) is 10.0. The smallest absolute Gasteiger partial charge is 0.189 e. The topological polar surface area (TPSA) is 228 Å². The van der Waals surface area contributed by atoms with Gasteiger partial charge >= 0.3 is 0 Å². The van der Waals surface area contributed by atoms with Gasteiger partial charge < -0.3 is 61.8 Å². The summed E-state index contributed by atoms with van der Waals surface area (Å²) in [4.78, 5) is 9.01. The highest BCUT2D eigenvalue weighted by Gasteiger charge is 2.63. The van der Waals surface area contributed by atoms with Crippen LogP contribution >= 0.6 is 21.6 Å². The van der Waals surface area contributed by atoms with E-state index in [1.165, 1.54) is 87.4 Å². The highest BCUT2D eigenvalue weighted by Crippen LogP contribution is 2.72. The van der Waals surface area contributed by atoms with Crippen LogP contribution in [0.4, 0.5) is 0 Å². The number of aryl methyl sites for hydroxylation is 3. The van der Waals surface area contributed by atoms with Crippen molar-refractivity contribution in [2.45, 2.75) is 203 Å². The van der Waals surface area contributed by atoms with E-state index < -0.39 is 12.2 Å². The number of phenols is 2. The lowest BCUT2D eigenvalue weighted by atomic mass is 9.52. The summed E-state index contributed by atoms with van der Waals surface area (Å²) in [6, 6.07) is 18.1. The minimum absolute atomic E-state index is 0.00730. The van der Waals surface area contributed by atoms with Crippen LogP contribution in [0.3, 0.4) is 0 Å². The van der Waals surface area contributed by atoms with Crippen LogP contribution in [0.1, 0.15) is 198 Å². The molecule has 9 aliphatic rings. The average Bonchev–Trinajstić information content (AvgIpc) is 2.26. The molecule has 15 heteroatoms. The molecule has 12 N–H and O–H groups in total. The number of aromatic nitrogens is 1. The highest BCUT2D eigenvalue weighted by molar-refractivity contribution is 8.76. The van der Waals surface area contributed by atoms with E-state index in [0.29, 0.717) is 90.1 Å². The molecular weight excluding hydrogens is 1090 g/mol. The zero-order chi connectivity index (χ0) is 58.1. The van der Waals surface area contributed by atoms with E-state index in [1.54, 1.807) is 12.1 Å². The Morgan fingerprint density at radius 2 is 1.73 bits per heavy atom. The molecule has 3 heterocycles. The Balaban J connectivity index is 0.650. The number of hydrogen-bond acceptors (Lipinski definition) is 12. The summed E-state index contributed by atoms with van der Waals surface area (Å²) in [6.07, 6.45) is 27.0. The second-order valence-electron chi connectivity index (χ2n) is 27.8. The van der Waals surface area contributed by atoms with Crippen molar-refractivity contribution in [3.05, 3.63) is 112 Å². The summed E-state index contributed by atoms with van der Waals surface area (Å²) in [7, 11) is 3.95. The molecule has 0 unspecified atom stereocenters. The van der Waals surface area contributed by atoms with Gasteiger partial charge in [-0.3, -0.25) is 0 Å². The molecule has 4 aromatic rings. The van der Waals surface area contributed by atoms with Gasteiger partial charge in [-0.25, -0.2) is 4.99 Å². The van der Waals surface area contributed by atoms with Crippen LogP contribution in [-0.4, -0.2) is 91.9 Å². The molecule has 2 aromatic carbocycles. The summed E-state index contributed by atoms with van der Waals surface area (Å²) < 4.78 is 12.9. The number of H-pyrrole nitrogens is 1. The van der Waals surface area contributed by atoms with E-state index in [9.17, 15) is 25.5 Å². The zero-order valence-corrected chi connectivity index (χ0v) is 51.7. The molecule has 458 valence electrons. The SMILES string of the molecule is C[C@H](O)CNC[C@H]1c2cc([C@@H](O)COc3cc(CCc4cc(CO)c(CC[C@@H]5CC[C@H]6[C@H]7CSSC[C@@H](N=C(N)N[C@H]8CCC[C@H](c9cccc(O)c9)C8)[C@@H](C)CC[C@H]6[C@H](C5)C[C@H]7N)o4)ccc3O)[nH]c2[C@H]2C=C[C@@]13CCC[C@@H]3C21CCCC1. The molecule has 2 spiro atoms. The summed E-state index contributed by atoms with van der Waals surface area (Å²) in [5, 5.41) is 61.1. The third-order valence-corrected chi connectivity index (χ3v) is 25.3. The van der Waals surface area contributed by atoms with Crippen LogP contribution in [0.5, 0.6) is 17.2 Å². The van der Waals surface area contributed by atoms with Gasteiger partial charge in [0, 0.05) is 78.3 Å². The molecule has 5 saturated carbocycles. The number of aliphatic hydroxyl groups excluding tert-OH is 3. The zero-order valence-electron chi connectivity index (χ0n) is 50.1. The largest absolute Gasteiger partial charge is 0.508 e. The van der Waals surface area contributed by atoms with Crippen LogP contribution in [-0.2, 0) is 25.9 Å². The maximum atomic E-state index is 11.8. The van der Waals surface area contributed by atoms with Crippen LogP contribution in [0.2, 0.25) is 0 Å². The number of nitrogens with one attached hydrogen (secondary N) is 3. The number of aliphatic hydroxyl groups is 3. The summed E-state index contributed by atoms with van der Waals surface area (Å²) in [6.45, 7) is 5.50. The molecule has 13 nitrogen and oxygen atoms in total. The number of aliphatic imine (C=N–C) groups is 1. The molecule has 8 aliphatic carbocycles. The molecule has 6 fully saturated rings. The number of benzene rings is 2. The number of rotatable bonds is 18. The first-order valence-electron chi connectivity index (χ1n) is 32.8. The first kappa shape index (κ1) is 60.2. The number of ether oxygens (including phenoxy) is 1. The van der Waals surface area contributed by atoms with Crippen molar-refractivity contribution in [2.75, 3.05) is 31.2 Å². The molecule has 84 heavy (non-hydrogen) atoms. The maximum absolute atomic E-state index is 11.8. The predicted octanol–water partition coefficient (Wildman–Crippen LogP) is 12.2. The molecule has 1 aliphatic heterocycles. The Labute approximate surface area is 507 Å². The summed E-state index contributed by atoms with van der Waals surface area (Å²) in [5.41, 5.74) is 20.6. The van der Waals surface area contributed by atoms with Crippen molar-refractivity contribution < 1.29 is 34.7 Å². The van der Waals surface area contributed by atoms with Crippen LogP contribution in [0, 0.1) is 52.3 Å². The number of hydrogen-bond donors (Lipinski definition) is 10. The van der Waals surface area contributed by atoms with Crippen molar-refractivity contribution in [3.63, 3.8) is 0 Å². The van der Waals surface area contributed by atoms with Crippen molar-refractivity contribution >= 4 is 27.5 Å². The number of furan rings is 1. The normalized spacial score (nSPS) is 33.6. The molecule has 6 bridgehead atoms. The van der Waals surface area contributed by atoms with Gasteiger partial charge in [0.1, 0.15) is 30.0 Å². The number of phenolic OH excluding ortho intramolecular Hbond substituents is 2. The Kier molecular flexibility index (Phi) is 18.9. The van der Waals surface area contributed by atoms with E-state index in [4.69, 9.17) is 25.6 Å². The lowest BCUT2D eigenvalue weighted by molar-refractivity contribution is 0.0440. The van der Waals surface area contributed by atoms with Gasteiger partial charge in [0.2, 0.25) is 0 Å². The van der Waals surface area contributed by atoms with Crippen molar-refractivity contribution in [1.29, 1.82) is 0 Å². The Morgan fingerprint density at radius 3 is 2.56 bits per heavy atom. The van der Waals surface area contributed by atoms with E-state index in [0.717, 1.165) is 97.8 Å². The Morgan fingerprint density at radius 1 is 0.881 bits per heavy atom. The van der Waals surface area contributed by atoms with E-state index >= 15 is 0 Å². The first-order chi connectivity index (χ1) is 40.8. The fourth-order valence-corrected chi connectivity index (χ4v) is 21.5. The minimum Gasteiger partial charge on any atom is -0.508 e. The molecular formula is C69H98N6O7S2. The second-order valence-corrected chi connectivity index (χ2v) is 30.4. The van der Waals surface area contributed by atoms with Gasteiger partial charge in [-0.2, -0.15) is 0 Å².